The average Bonchev–Trinajstić information content (AvgIpc) is 3.17. The average molecular weight is 457 g/mol. The number of nitrogens with zero attached hydrogens (tertiary/aromatic N) is 1. The van der Waals surface area contributed by atoms with Gasteiger partial charge in [-0.3, -0.25) is 28.2 Å². The molecule has 2 bridgehead atoms. The summed E-state index contributed by atoms with van der Waals surface area (Å²) in [6, 6.07) is 0. The molecule has 5 atom stereocenters. The molecular formula is C18H24N3O9P. The van der Waals surface area contributed by atoms with Gasteiger partial charge in [-0.15, -0.1) is 0 Å². The highest BCUT2D eigenvalue weighted by Gasteiger charge is 2.64. The number of aromatic amines is 1. The van der Waals surface area contributed by atoms with Gasteiger partial charge in [-0.05, 0) is 0 Å². The van der Waals surface area contributed by atoms with E-state index in [9.17, 15) is 18.9 Å². The lowest BCUT2D eigenvalue weighted by atomic mass is 10.0. The third-order valence-electron chi connectivity index (χ3n) is 4.89. The van der Waals surface area contributed by atoms with Crippen molar-refractivity contribution in [3.63, 3.8) is 0 Å². The lowest BCUT2D eigenvalue weighted by molar-refractivity contribution is -0.190. The summed E-state index contributed by atoms with van der Waals surface area (Å²) in [6.07, 6.45) is -1.41. The summed E-state index contributed by atoms with van der Waals surface area (Å²) >= 11 is 0. The first-order chi connectivity index (χ1) is 14.6. The molecule has 2 N–H and O–H groups in total. The zero-order valence-corrected chi connectivity index (χ0v) is 18.4. The highest BCUT2D eigenvalue weighted by atomic mass is 31.2. The van der Waals surface area contributed by atoms with E-state index >= 15 is 0 Å². The molecule has 2 saturated heterocycles. The molecule has 5 unspecified atom stereocenters. The van der Waals surface area contributed by atoms with Crippen molar-refractivity contribution in [1.29, 1.82) is 0 Å². The summed E-state index contributed by atoms with van der Waals surface area (Å²) in [4.78, 5) is 37.7. The molecule has 1 aromatic rings. The molecule has 3 heterocycles. The number of nitrogens with one attached hydrogen (secondary N) is 2. The Hall–Kier alpha value is -2.26. The van der Waals surface area contributed by atoms with E-state index in [0.717, 1.165) is 4.57 Å². The van der Waals surface area contributed by atoms with Gasteiger partial charge < -0.3 is 24.1 Å². The first-order valence-corrected chi connectivity index (χ1v) is 11.3. The Morgan fingerprint density at radius 1 is 1.45 bits per heavy atom. The van der Waals surface area contributed by atoms with Crippen molar-refractivity contribution >= 4 is 13.5 Å². The minimum atomic E-state index is -3.42. The first kappa shape index (κ1) is 23.4. The zero-order chi connectivity index (χ0) is 22.8. The molecule has 1 aromatic heterocycles. The fraction of sp³-hybridized carbons (Fsp3) is 0.611. The van der Waals surface area contributed by atoms with Crippen LogP contribution in [0.25, 0.3) is 0 Å². The van der Waals surface area contributed by atoms with Gasteiger partial charge in [0.15, 0.2) is 6.23 Å². The van der Waals surface area contributed by atoms with Crippen LogP contribution in [0.4, 0.5) is 0 Å². The Labute approximate surface area is 177 Å². The molecule has 13 heteroatoms. The quantitative estimate of drug-likeness (QED) is 0.396. The molecular weight excluding hydrogens is 433 g/mol. The fourth-order valence-corrected chi connectivity index (χ4v) is 4.25. The summed E-state index contributed by atoms with van der Waals surface area (Å²) in [7, 11) is -0.688. The maximum Gasteiger partial charge on any atom is 0.330 e. The van der Waals surface area contributed by atoms with Gasteiger partial charge in [0, 0.05) is 34.0 Å². The van der Waals surface area contributed by atoms with Gasteiger partial charge in [-0.2, -0.15) is 0 Å². The van der Waals surface area contributed by atoms with Crippen molar-refractivity contribution < 1.29 is 32.6 Å². The van der Waals surface area contributed by atoms with E-state index in [0.29, 0.717) is 0 Å². The van der Waals surface area contributed by atoms with E-state index in [2.05, 4.69) is 22.1 Å². The second-order valence-corrected chi connectivity index (χ2v) is 9.30. The molecule has 0 saturated carbocycles. The van der Waals surface area contributed by atoms with Crippen molar-refractivity contribution in [1.82, 2.24) is 14.9 Å². The molecule has 1 amide bonds. The summed E-state index contributed by atoms with van der Waals surface area (Å²) < 4.78 is 41.3. The minimum Gasteiger partial charge on any atom is -0.381 e. The van der Waals surface area contributed by atoms with Crippen molar-refractivity contribution in [3.05, 3.63) is 32.6 Å². The van der Waals surface area contributed by atoms with Crippen LogP contribution in [0.2, 0.25) is 0 Å². The summed E-state index contributed by atoms with van der Waals surface area (Å²) in [5.41, 5.74) is -2.55. The van der Waals surface area contributed by atoms with Crippen LogP contribution in [-0.4, -0.2) is 73.9 Å². The molecule has 2 aliphatic heterocycles. The second-order valence-electron chi connectivity index (χ2n) is 7.18. The van der Waals surface area contributed by atoms with Crippen LogP contribution in [0, 0.1) is 11.8 Å². The Bertz CT molecular complexity index is 1070. The van der Waals surface area contributed by atoms with Gasteiger partial charge in [-0.25, -0.2) is 4.79 Å². The van der Waals surface area contributed by atoms with Gasteiger partial charge in [0.2, 0.25) is 5.91 Å². The Balaban J connectivity index is 1.95. The lowest BCUT2D eigenvalue weighted by Crippen LogP contribution is -2.46. The van der Waals surface area contributed by atoms with Crippen molar-refractivity contribution in [3.8, 4) is 11.8 Å². The molecule has 0 aliphatic carbocycles. The Morgan fingerprint density at radius 3 is 2.84 bits per heavy atom. The molecule has 0 spiro atoms. The minimum absolute atomic E-state index is 0.00681. The topological polar surface area (TPSA) is 147 Å². The maximum atomic E-state index is 12.5. The number of H-pyrrole nitrogens is 1. The first-order valence-electron chi connectivity index (χ1n) is 9.31. The third kappa shape index (κ3) is 4.82. The van der Waals surface area contributed by atoms with E-state index in [1.807, 2.05) is 0 Å². The van der Waals surface area contributed by atoms with Crippen LogP contribution < -0.4 is 16.6 Å². The van der Waals surface area contributed by atoms with Crippen LogP contribution in [0.3, 0.4) is 0 Å². The third-order valence-corrected chi connectivity index (χ3v) is 6.16. The Kier molecular flexibility index (Phi) is 6.85. The van der Waals surface area contributed by atoms with Gasteiger partial charge >= 0.3 is 13.3 Å². The molecule has 12 nitrogen and oxygen atoms in total. The number of amides is 1. The van der Waals surface area contributed by atoms with E-state index in [4.69, 9.17) is 23.3 Å². The van der Waals surface area contributed by atoms with Crippen molar-refractivity contribution in [2.75, 3.05) is 40.6 Å². The summed E-state index contributed by atoms with van der Waals surface area (Å²) in [5, 5.41) is 2.48. The van der Waals surface area contributed by atoms with Crippen LogP contribution in [0.1, 0.15) is 18.7 Å². The molecule has 31 heavy (non-hydrogen) atoms. The lowest BCUT2D eigenvalue weighted by Gasteiger charge is -2.31. The van der Waals surface area contributed by atoms with E-state index in [1.54, 1.807) is 0 Å². The van der Waals surface area contributed by atoms with Crippen molar-refractivity contribution in [2.45, 2.75) is 31.0 Å². The number of ether oxygens (including phenoxy) is 3. The highest BCUT2D eigenvalue weighted by molar-refractivity contribution is 7.52. The number of carbonyl (C=O) groups excluding carboxylic acids is 1. The SMILES string of the molecule is COCC12COC(C(n3cc(C#CCNC(C)=O)c(=O)[nH]c3=O)O1)C2OP(C)(=O)OC. The second kappa shape index (κ2) is 9.08. The monoisotopic (exact) mass is 457 g/mol. The van der Waals surface area contributed by atoms with E-state index < -0.39 is 42.9 Å². The highest BCUT2D eigenvalue weighted by Crippen LogP contribution is 2.54. The zero-order valence-electron chi connectivity index (χ0n) is 17.5. The number of aromatic nitrogens is 2. The number of carbonyl (C=O) groups is 1. The normalized spacial score (nSPS) is 28.6. The maximum absolute atomic E-state index is 12.5. The number of hydrogen-bond donors (Lipinski definition) is 2. The standard InChI is InChI=1S/C18H24N3O9P/c1-11(22)19-7-5-6-12-8-21(17(24)20-15(12)23)16-13-14(30-31(4,25)27-3)18(29-16,9-26-2)10-28-13/h8,13-14,16H,7,9-10H2,1-4H3,(H,19,22)(H,20,23,24). The molecule has 0 aromatic carbocycles. The van der Waals surface area contributed by atoms with Gasteiger partial charge in [0.05, 0.1) is 19.8 Å². The van der Waals surface area contributed by atoms with Crippen molar-refractivity contribution in [2.24, 2.45) is 0 Å². The molecule has 0 radical (unpaired) electrons. The Morgan fingerprint density at radius 2 is 2.19 bits per heavy atom. The van der Waals surface area contributed by atoms with Gasteiger partial charge in [0.25, 0.3) is 5.56 Å². The predicted octanol–water partition coefficient (Wildman–Crippen LogP) is -0.808. The smallest absolute Gasteiger partial charge is 0.330 e. The number of rotatable bonds is 7. The van der Waals surface area contributed by atoms with Gasteiger partial charge in [-0.1, -0.05) is 11.8 Å². The van der Waals surface area contributed by atoms with Crippen LogP contribution in [-0.2, 0) is 32.6 Å². The summed E-state index contributed by atoms with van der Waals surface area (Å²) in [6.45, 7) is 2.84. The molecule has 3 rings (SSSR count). The van der Waals surface area contributed by atoms with E-state index in [1.165, 1.54) is 34.0 Å². The number of methoxy groups -OCH3 is 1. The van der Waals surface area contributed by atoms with Gasteiger partial charge in [0.1, 0.15) is 23.4 Å². The number of hydrogen-bond acceptors (Lipinski definition) is 9. The molecule has 170 valence electrons. The molecule has 2 fully saturated rings. The van der Waals surface area contributed by atoms with Crippen LogP contribution in [0.5, 0.6) is 0 Å². The number of fused-ring (bicyclic) bond motifs is 2. The van der Waals surface area contributed by atoms with E-state index in [-0.39, 0.29) is 31.2 Å². The largest absolute Gasteiger partial charge is 0.381 e. The van der Waals surface area contributed by atoms with Crippen LogP contribution >= 0.6 is 7.60 Å². The van der Waals surface area contributed by atoms with Crippen LogP contribution in [0.15, 0.2) is 15.8 Å². The summed E-state index contributed by atoms with van der Waals surface area (Å²) in [5.74, 6) is 4.98. The predicted molar refractivity (Wildman–Crippen MR) is 107 cm³/mol. The molecule has 2 aliphatic rings. The fourth-order valence-electron chi connectivity index (χ4n) is 3.44.